The molecule has 0 atom stereocenters. The summed E-state index contributed by atoms with van der Waals surface area (Å²) in [5, 5.41) is 0. The summed E-state index contributed by atoms with van der Waals surface area (Å²) < 4.78 is 38.4. The van der Waals surface area contributed by atoms with Crippen LogP contribution in [0.2, 0.25) is 0 Å². The van der Waals surface area contributed by atoms with E-state index >= 15 is 0 Å². The molecule has 0 aromatic heterocycles. The van der Waals surface area contributed by atoms with Crippen molar-refractivity contribution in [2.24, 2.45) is 0 Å². The molecule has 1 aromatic rings. The zero-order valence-electron chi connectivity index (χ0n) is 6.71. The molecule has 70 valence electrons. The number of fused-ring (bicyclic) bond motifs is 1. The minimum Gasteiger partial charge on any atom is -0.493 e. The van der Waals surface area contributed by atoms with Gasteiger partial charge in [-0.05, 0) is 12.1 Å². The number of hydrogen-bond acceptors (Lipinski definition) is 3. The zero-order valence-corrected chi connectivity index (χ0v) is 6.71. The highest BCUT2D eigenvalue weighted by Crippen LogP contribution is 2.46. The third kappa shape index (κ3) is 1.26. The van der Waals surface area contributed by atoms with E-state index in [0.29, 0.717) is 0 Å². The van der Waals surface area contributed by atoms with Crippen LogP contribution in [0.4, 0.5) is 8.78 Å². The summed E-state index contributed by atoms with van der Waals surface area (Å²) in [6.45, 7) is 0. The first-order chi connectivity index (χ1) is 6.12. The third-order valence-electron chi connectivity index (χ3n) is 1.61. The second-order valence-electron chi connectivity index (χ2n) is 2.46. The second kappa shape index (κ2) is 2.48. The molecule has 0 saturated carbocycles. The first kappa shape index (κ1) is 8.10. The lowest BCUT2D eigenvalue weighted by molar-refractivity contribution is -0.287. The van der Waals surface area contributed by atoms with Crippen molar-refractivity contribution in [2.75, 3.05) is 7.11 Å². The summed E-state index contributed by atoms with van der Waals surface area (Å²) in [5.74, 6) is 0.161. The first-order valence-corrected chi connectivity index (χ1v) is 3.55. The van der Waals surface area contributed by atoms with Gasteiger partial charge in [0.05, 0.1) is 7.11 Å². The molecule has 0 saturated heterocycles. The van der Waals surface area contributed by atoms with Gasteiger partial charge < -0.3 is 14.2 Å². The molecule has 0 N–H and O–H groups in total. The van der Waals surface area contributed by atoms with Crippen molar-refractivity contribution >= 4 is 0 Å². The summed E-state index contributed by atoms with van der Waals surface area (Å²) in [7, 11) is 1.37. The summed E-state index contributed by atoms with van der Waals surface area (Å²) in [6.07, 6.45) is -3.59. The predicted molar refractivity (Wildman–Crippen MR) is 39.2 cm³/mol. The Labute approximate surface area is 72.8 Å². The molecule has 0 aliphatic carbocycles. The highest BCUT2D eigenvalue weighted by molar-refractivity contribution is 5.52. The molecule has 3 nitrogen and oxygen atoms in total. The average molecular weight is 188 g/mol. The Balaban J connectivity index is 2.45. The minimum absolute atomic E-state index is 0.00986. The Bertz CT molecular complexity index is 338. The van der Waals surface area contributed by atoms with Crippen LogP contribution in [0, 0.1) is 0 Å². The first-order valence-electron chi connectivity index (χ1n) is 3.55. The van der Waals surface area contributed by atoms with E-state index in [9.17, 15) is 8.78 Å². The van der Waals surface area contributed by atoms with Gasteiger partial charge in [-0.3, -0.25) is 0 Å². The molecule has 13 heavy (non-hydrogen) atoms. The van der Waals surface area contributed by atoms with Crippen LogP contribution in [0.3, 0.4) is 0 Å². The van der Waals surface area contributed by atoms with Gasteiger partial charge in [0.2, 0.25) is 5.75 Å². The van der Waals surface area contributed by atoms with E-state index in [1.807, 2.05) is 0 Å². The van der Waals surface area contributed by atoms with Gasteiger partial charge in [-0.15, -0.1) is 8.78 Å². The van der Waals surface area contributed by atoms with Crippen molar-refractivity contribution < 1.29 is 23.0 Å². The largest absolute Gasteiger partial charge is 0.586 e. The molecule has 0 radical (unpaired) electrons. The quantitative estimate of drug-likeness (QED) is 0.674. The number of para-hydroxylation sites is 1. The van der Waals surface area contributed by atoms with Crippen LogP contribution in [0.15, 0.2) is 18.2 Å². The number of ether oxygens (including phenoxy) is 3. The minimum atomic E-state index is -3.59. The van der Waals surface area contributed by atoms with Gasteiger partial charge in [-0.1, -0.05) is 6.07 Å². The van der Waals surface area contributed by atoms with Crippen LogP contribution in [-0.2, 0) is 0 Å². The molecular formula is C8H6F2O3. The maximum absolute atomic E-state index is 12.6. The molecule has 1 heterocycles. The summed E-state index contributed by atoms with van der Waals surface area (Å²) >= 11 is 0. The fraction of sp³-hybridized carbons (Fsp3) is 0.250. The van der Waals surface area contributed by atoms with Crippen molar-refractivity contribution in [3.8, 4) is 17.2 Å². The van der Waals surface area contributed by atoms with Crippen molar-refractivity contribution in [3.05, 3.63) is 18.2 Å². The predicted octanol–water partition coefficient (Wildman–Crippen LogP) is 2.02. The Morgan fingerprint density at radius 3 is 2.77 bits per heavy atom. The van der Waals surface area contributed by atoms with Crippen LogP contribution in [-0.4, -0.2) is 13.4 Å². The Kier molecular flexibility index (Phi) is 1.55. The van der Waals surface area contributed by atoms with E-state index in [2.05, 4.69) is 9.47 Å². The SMILES string of the molecule is COc1cccc2c1OC(F)(F)O2. The number of halogens is 2. The molecular weight excluding hydrogens is 182 g/mol. The fourth-order valence-electron chi connectivity index (χ4n) is 1.11. The molecule has 2 rings (SSSR count). The fourth-order valence-corrected chi connectivity index (χ4v) is 1.11. The number of hydrogen-bond donors (Lipinski definition) is 0. The average Bonchev–Trinajstić information content (AvgIpc) is 2.37. The second-order valence-corrected chi connectivity index (χ2v) is 2.46. The third-order valence-corrected chi connectivity index (χ3v) is 1.61. The molecule has 5 heteroatoms. The highest BCUT2D eigenvalue weighted by Gasteiger charge is 2.44. The van der Waals surface area contributed by atoms with E-state index < -0.39 is 6.29 Å². The molecule has 0 amide bonds. The molecule has 1 aliphatic heterocycles. The van der Waals surface area contributed by atoms with E-state index in [4.69, 9.17) is 4.74 Å². The van der Waals surface area contributed by atoms with Gasteiger partial charge in [-0.2, -0.15) is 0 Å². The highest BCUT2D eigenvalue weighted by atomic mass is 19.3. The molecule has 0 bridgehead atoms. The molecule has 1 aliphatic rings. The lowest BCUT2D eigenvalue weighted by Crippen LogP contribution is -2.26. The zero-order chi connectivity index (χ0) is 9.47. The smallest absolute Gasteiger partial charge is 0.493 e. The van der Waals surface area contributed by atoms with Gasteiger partial charge in [0.1, 0.15) is 0 Å². The van der Waals surface area contributed by atoms with Crippen molar-refractivity contribution in [1.82, 2.24) is 0 Å². The van der Waals surface area contributed by atoms with E-state index in [1.54, 1.807) is 6.07 Å². The lowest BCUT2D eigenvalue weighted by atomic mass is 10.3. The van der Waals surface area contributed by atoms with Crippen LogP contribution in [0.5, 0.6) is 17.2 Å². The van der Waals surface area contributed by atoms with Crippen LogP contribution in [0.25, 0.3) is 0 Å². The Morgan fingerprint density at radius 1 is 1.31 bits per heavy atom. The summed E-state index contributed by atoms with van der Waals surface area (Å²) in [4.78, 5) is 0. The molecule has 0 unspecified atom stereocenters. The van der Waals surface area contributed by atoms with E-state index in [-0.39, 0.29) is 17.2 Å². The van der Waals surface area contributed by atoms with E-state index in [0.717, 1.165) is 0 Å². The topological polar surface area (TPSA) is 27.7 Å². The van der Waals surface area contributed by atoms with Crippen LogP contribution >= 0.6 is 0 Å². The maximum atomic E-state index is 12.6. The lowest BCUT2D eigenvalue weighted by Gasteiger charge is -2.05. The van der Waals surface area contributed by atoms with Gasteiger partial charge >= 0.3 is 6.29 Å². The van der Waals surface area contributed by atoms with Crippen molar-refractivity contribution in [3.63, 3.8) is 0 Å². The van der Waals surface area contributed by atoms with Crippen molar-refractivity contribution in [1.29, 1.82) is 0 Å². The summed E-state index contributed by atoms with van der Waals surface area (Å²) in [5.41, 5.74) is 0. The van der Waals surface area contributed by atoms with E-state index in [1.165, 1.54) is 19.2 Å². The van der Waals surface area contributed by atoms with Gasteiger partial charge in [0, 0.05) is 0 Å². The van der Waals surface area contributed by atoms with Gasteiger partial charge in [0.15, 0.2) is 11.5 Å². The molecule has 0 spiro atoms. The number of methoxy groups -OCH3 is 1. The van der Waals surface area contributed by atoms with Crippen LogP contribution < -0.4 is 14.2 Å². The molecule has 0 fully saturated rings. The van der Waals surface area contributed by atoms with Gasteiger partial charge in [0.25, 0.3) is 0 Å². The van der Waals surface area contributed by atoms with Crippen molar-refractivity contribution in [2.45, 2.75) is 6.29 Å². The number of alkyl halides is 2. The number of rotatable bonds is 1. The maximum Gasteiger partial charge on any atom is 0.586 e. The Morgan fingerprint density at radius 2 is 2.08 bits per heavy atom. The summed E-state index contributed by atoms with van der Waals surface area (Å²) in [6, 6.07) is 4.45. The monoisotopic (exact) mass is 188 g/mol. The Hall–Kier alpha value is -1.52. The van der Waals surface area contributed by atoms with Gasteiger partial charge in [-0.25, -0.2) is 0 Å². The number of benzene rings is 1. The molecule has 1 aromatic carbocycles. The standard InChI is InChI=1S/C8H6F2O3/c1-11-5-3-2-4-6-7(5)13-8(9,10)12-6/h2-4H,1H3. The normalized spacial score (nSPS) is 17.2. The van der Waals surface area contributed by atoms with Crippen LogP contribution in [0.1, 0.15) is 0 Å².